The number of rotatable bonds is 3. The van der Waals surface area contributed by atoms with Gasteiger partial charge in [0.2, 0.25) is 5.91 Å². The van der Waals surface area contributed by atoms with E-state index in [1.165, 1.54) is 12.1 Å². The standard InChI is InChI=1S/C15H18FNO3/c1-14(2)11(15(14,3)4)12(18)17-10-8(13(19)20)6-5-7-9(10)16/h5-7,11H,1-4H3,(H,17,18)(H,19,20). The van der Waals surface area contributed by atoms with Gasteiger partial charge in [-0.3, -0.25) is 4.79 Å². The monoisotopic (exact) mass is 279 g/mol. The fourth-order valence-electron chi connectivity index (χ4n) is 2.88. The quantitative estimate of drug-likeness (QED) is 0.893. The third-order valence-electron chi connectivity index (χ3n) is 4.78. The van der Waals surface area contributed by atoms with Crippen LogP contribution in [0.5, 0.6) is 0 Å². The molecule has 1 aromatic carbocycles. The molecule has 1 fully saturated rings. The molecule has 0 heterocycles. The van der Waals surface area contributed by atoms with Gasteiger partial charge < -0.3 is 10.4 Å². The summed E-state index contributed by atoms with van der Waals surface area (Å²) in [4.78, 5) is 23.3. The minimum Gasteiger partial charge on any atom is -0.478 e. The van der Waals surface area contributed by atoms with E-state index in [4.69, 9.17) is 5.11 Å². The summed E-state index contributed by atoms with van der Waals surface area (Å²) in [6.07, 6.45) is 0. The van der Waals surface area contributed by atoms with Gasteiger partial charge in [-0.05, 0) is 23.0 Å². The summed E-state index contributed by atoms with van der Waals surface area (Å²) >= 11 is 0. The highest BCUT2D eigenvalue weighted by atomic mass is 19.1. The average Bonchev–Trinajstić information content (AvgIpc) is 2.71. The first-order valence-electron chi connectivity index (χ1n) is 6.43. The molecule has 5 heteroatoms. The Morgan fingerprint density at radius 1 is 1.20 bits per heavy atom. The zero-order chi connectivity index (χ0) is 15.3. The highest BCUT2D eigenvalue weighted by Crippen LogP contribution is 2.68. The minimum absolute atomic E-state index is 0.189. The SMILES string of the molecule is CC1(C)C(C(=O)Nc2c(F)cccc2C(=O)O)C1(C)C. The second-order valence-corrected chi connectivity index (χ2v) is 6.33. The number of nitrogens with one attached hydrogen (secondary N) is 1. The maximum Gasteiger partial charge on any atom is 0.337 e. The van der Waals surface area contributed by atoms with E-state index in [-0.39, 0.29) is 33.9 Å². The summed E-state index contributed by atoms with van der Waals surface area (Å²) < 4.78 is 13.8. The maximum absolute atomic E-state index is 13.8. The molecule has 1 aliphatic rings. The summed E-state index contributed by atoms with van der Waals surface area (Å²) in [5, 5.41) is 11.5. The van der Waals surface area contributed by atoms with E-state index in [2.05, 4.69) is 5.32 Å². The Hall–Kier alpha value is -1.91. The summed E-state index contributed by atoms with van der Waals surface area (Å²) in [5.74, 6) is -2.62. The molecular weight excluding hydrogens is 261 g/mol. The van der Waals surface area contributed by atoms with Crippen LogP contribution in [-0.4, -0.2) is 17.0 Å². The normalized spacial score (nSPS) is 19.4. The van der Waals surface area contributed by atoms with Crippen LogP contribution in [0.25, 0.3) is 0 Å². The Kier molecular flexibility index (Phi) is 3.11. The summed E-state index contributed by atoms with van der Waals surface area (Å²) in [7, 11) is 0. The number of carboxylic acid groups (broad SMARTS) is 1. The van der Waals surface area contributed by atoms with Crippen molar-refractivity contribution in [3.05, 3.63) is 29.6 Å². The van der Waals surface area contributed by atoms with Crippen molar-refractivity contribution in [2.24, 2.45) is 16.7 Å². The number of hydrogen-bond acceptors (Lipinski definition) is 2. The van der Waals surface area contributed by atoms with Gasteiger partial charge >= 0.3 is 5.97 Å². The highest BCUT2D eigenvalue weighted by molar-refractivity contribution is 6.02. The van der Waals surface area contributed by atoms with Gasteiger partial charge in [-0.2, -0.15) is 0 Å². The smallest absolute Gasteiger partial charge is 0.337 e. The van der Waals surface area contributed by atoms with Crippen LogP contribution in [0.4, 0.5) is 10.1 Å². The minimum atomic E-state index is -1.27. The van der Waals surface area contributed by atoms with Gasteiger partial charge in [-0.25, -0.2) is 9.18 Å². The van der Waals surface area contributed by atoms with E-state index in [0.29, 0.717) is 0 Å². The van der Waals surface area contributed by atoms with Crippen molar-refractivity contribution in [1.82, 2.24) is 0 Å². The predicted octanol–water partition coefficient (Wildman–Crippen LogP) is 3.14. The molecule has 2 rings (SSSR count). The number of amides is 1. The zero-order valence-corrected chi connectivity index (χ0v) is 12.0. The van der Waals surface area contributed by atoms with Crippen molar-refractivity contribution in [2.75, 3.05) is 5.32 Å². The van der Waals surface area contributed by atoms with E-state index >= 15 is 0 Å². The number of carbonyl (C=O) groups is 2. The number of para-hydroxylation sites is 1. The Labute approximate surface area is 117 Å². The van der Waals surface area contributed by atoms with Crippen molar-refractivity contribution in [3.8, 4) is 0 Å². The second kappa shape index (κ2) is 4.30. The number of halogens is 1. The van der Waals surface area contributed by atoms with Crippen molar-refractivity contribution < 1.29 is 19.1 Å². The van der Waals surface area contributed by atoms with Gasteiger partial charge in [-0.15, -0.1) is 0 Å². The van der Waals surface area contributed by atoms with Crippen molar-refractivity contribution in [3.63, 3.8) is 0 Å². The fraction of sp³-hybridized carbons (Fsp3) is 0.467. The highest BCUT2D eigenvalue weighted by Gasteiger charge is 2.68. The maximum atomic E-state index is 13.8. The Balaban J connectivity index is 2.29. The second-order valence-electron chi connectivity index (χ2n) is 6.33. The van der Waals surface area contributed by atoms with Crippen molar-refractivity contribution in [2.45, 2.75) is 27.7 Å². The van der Waals surface area contributed by atoms with E-state index in [9.17, 15) is 14.0 Å². The molecule has 108 valence electrons. The molecule has 1 amide bonds. The first kappa shape index (κ1) is 14.5. The average molecular weight is 279 g/mol. The van der Waals surface area contributed by atoms with Crippen LogP contribution in [0.3, 0.4) is 0 Å². The molecule has 20 heavy (non-hydrogen) atoms. The molecule has 0 radical (unpaired) electrons. The third-order valence-corrected chi connectivity index (χ3v) is 4.78. The molecular formula is C15H18FNO3. The van der Waals surface area contributed by atoms with Gasteiger partial charge in [-0.1, -0.05) is 33.8 Å². The van der Waals surface area contributed by atoms with Crippen molar-refractivity contribution in [1.29, 1.82) is 0 Å². The van der Waals surface area contributed by atoms with E-state index in [0.717, 1.165) is 6.07 Å². The molecule has 1 aromatic rings. The lowest BCUT2D eigenvalue weighted by molar-refractivity contribution is -0.118. The third kappa shape index (κ3) is 1.97. The summed E-state index contributed by atoms with van der Waals surface area (Å²) in [6.45, 7) is 7.88. The number of anilines is 1. The van der Waals surface area contributed by atoms with Crippen LogP contribution in [0.15, 0.2) is 18.2 Å². The fourth-order valence-corrected chi connectivity index (χ4v) is 2.88. The van der Waals surface area contributed by atoms with Crippen LogP contribution in [0.1, 0.15) is 38.1 Å². The van der Waals surface area contributed by atoms with Crippen LogP contribution in [0.2, 0.25) is 0 Å². The Morgan fingerprint density at radius 2 is 1.75 bits per heavy atom. The molecule has 0 unspecified atom stereocenters. The van der Waals surface area contributed by atoms with E-state index in [1.807, 2.05) is 27.7 Å². The predicted molar refractivity (Wildman–Crippen MR) is 73.0 cm³/mol. The lowest BCUT2D eigenvalue weighted by Gasteiger charge is -2.10. The van der Waals surface area contributed by atoms with E-state index < -0.39 is 11.8 Å². The Morgan fingerprint density at radius 3 is 2.20 bits per heavy atom. The number of carbonyl (C=O) groups excluding carboxylic acids is 1. The molecule has 0 saturated heterocycles. The molecule has 1 aliphatic carbocycles. The lowest BCUT2D eigenvalue weighted by atomic mass is 10.0. The van der Waals surface area contributed by atoms with Gasteiger partial charge in [0.05, 0.1) is 11.3 Å². The number of aromatic carboxylic acids is 1. The number of carboxylic acids is 1. The topological polar surface area (TPSA) is 66.4 Å². The molecule has 2 N–H and O–H groups in total. The molecule has 1 saturated carbocycles. The summed E-state index contributed by atoms with van der Waals surface area (Å²) in [5.41, 5.74) is -0.879. The largest absolute Gasteiger partial charge is 0.478 e. The number of benzene rings is 1. The lowest BCUT2D eigenvalue weighted by Crippen LogP contribution is -2.20. The first-order valence-corrected chi connectivity index (χ1v) is 6.43. The molecule has 0 aliphatic heterocycles. The summed E-state index contributed by atoms with van der Waals surface area (Å²) in [6, 6.07) is 3.70. The van der Waals surface area contributed by atoms with Gasteiger partial charge in [0.25, 0.3) is 0 Å². The number of hydrogen-bond donors (Lipinski definition) is 2. The zero-order valence-electron chi connectivity index (χ0n) is 12.0. The molecule has 0 spiro atoms. The van der Waals surface area contributed by atoms with Crippen LogP contribution < -0.4 is 5.32 Å². The van der Waals surface area contributed by atoms with Crippen LogP contribution >= 0.6 is 0 Å². The van der Waals surface area contributed by atoms with Crippen LogP contribution in [0, 0.1) is 22.6 Å². The van der Waals surface area contributed by atoms with Gasteiger partial charge in [0.15, 0.2) is 0 Å². The first-order chi connectivity index (χ1) is 9.10. The Bertz CT molecular complexity index is 579. The molecule has 0 atom stereocenters. The van der Waals surface area contributed by atoms with E-state index in [1.54, 1.807) is 0 Å². The van der Waals surface area contributed by atoms with Crippen molar-refractivity contribution >= 4 is 17.6 Å². The molecule has 0 bridgehead atoms. The van der Waals surface area contributed by atoms with Gasteiger partial charge in [0.1, 0.15) is 5.82 Å². The molecule has 4 nitrogen and oxygen atoms in total. The van der Waals surface area contributed by atoms with Crippen LogP contribution in [-0.2, 0) is 4.79 Å². The van der Waals surface area contributed by atoms with Gasteiger partial charge in [0, 0.05) is 5.92 Å². The molecule has 0 aromatic heterocycles.